The van der Waals surface area contributed by atoms with Crippen molar-refractivity contribution < 1.29 is 4.79 Å². The predicted molar refractivity (Wildman–Crippen MR) is 110 cm³/mol. The number of hydrogen-bond acceptors (Lipinski definition) is 5. The van der Waals surface area contributed by atoms with Gasteiger partial charge >= 0.3 is 0 Å². The standard InChI is InChI=1S/C20H17N3OS2/c1-12-7-9-16-17(11-12)26-20(22-16)23-19(24)13(2)25-18-10-8-14-5-3-4-6-15(14)21-18/h3-11,13H,1-2H3,(H,22,23,24). The molecule has 2 aromatic heterocycles. The van der Waals surface area contributed by atoms with Crippen LogP contribution in [0.15, 0.2) is 59.6 Å². The molecular weight excluding hydrogens is 362 g/mol. The third kappa shape index (κ3) is 3.57. The number of nitrogens with one attached hydrogen (secondary N) is 1. The van der Waals surface area contributed by atoms with Gasteiger partial charge in [-0.15, -0.1) is 0 Å². The van der Waals surface area contributed by atoms with E-state index >= 15 is 0 Å². The Kier molecular flexibility index (Phi) is 4.61. The number of anilines is 1. The van der Waals surface area contributed by atoms with Crippen molar-refractivity contribution >= 4 is 55.3 Å². The smallest absolute Gasteiger partial charge is 0.239 e. The molecule has 0 radical (unpaired) electrons. The SMILES string of the molecule is Cc1ccc2nc(NC(=O)C(C)Sc3ccc4ccccc4n3)sc2c1. The number of hydrogen-bond donors (Lipinski definition) is 1. The third-order valence-electron chi connectivity index (χ3n) is 4.01. The number of pyridine rings is 1. The number of carbonyl (C=O) groups is 1. The molecule has 1 unspecified atom stereocenters. The summed E-state index contributed by atoms with van der Waals surface area (Å²) in [7, 11) is 0. The molecule has 1 amide bonds. The molecule has 0 bridgehead atoms. The van der Waals surface area contributed by atoms with Crippen molar-refractivity contribution in [2.75, 3.05) is 5.32 Å². The van der Waals surface area contributed by atoms with Gasteiger partial charge in [0.05, 0.1) is 26.0 Å². The number of carbonyl (C=O) groups excluding carboxylic acids is 1. The number of rotatable bonds is 4. The maximum Gasteiger partial charge on any atom is 0.239 e. The Balaban J connectivity index is 1.47. The third-order valence-corrected chi connectivity index (χ3v) is 5.98. The number of thiazole rings is 1. The fraction of sp³-hybridized carbons (Fsp3) is 0.150. The molecule has 26 heavy (non-hydrogen) atoms. The molecule has 4 nitrogen and oxygen atoms in total. The first-order valence-corrected chi connectivity index (χ1v) is 9.98. The Morgan fingerprint density at radius 3 is 2.81 bits per heavy atom. The summed E-state index contributed by atoms with van der Waals surface area (Å²) >= 11 is 2.95. The minimum atomic E-state index is -0.266. The summed E-state index contributed by atoms with van der Waals surface area (Å²) < 4.78 is 1.08. The van der Waals surface area contributed by atoms with E-state index < -0.39 is 0 Å². The Labute approximate surface area is 159 Å². The van der Waals surface area contributed by atoms with Crippen LogP contribution in [0.1, 0.15) is 12.5 Å². The van der Waals surface area contributed by atoms with Crippen molar-refractivity contribution in [3.05, 3.63) is 60.2 Å². The topological polar surface area (TPSA) is 54.9 Å². The normalized spacial score (nSPS) is 12.4. The van der Waals surface area contributed by atoms with Crippen LogP contribution in [-0.4, -0.2) is 21.1 Å². The van der Waals surface area contributed by atoms with Crippen molar-refractivity contribution in [3.8, 4) is 0 Å². The first kappa shape index (κ1) is 17.0. The number of fused-ring (bicyclic) bond motifs is 2. The molecule has 0 aliphatic rings. The molecule has 2 aromatic carbocycles. The second kappa shape index (κ2) is 7.05. The average molecular weight is 380 g/mol. The monoisotopic (exact) mass is 379 g/mol. The lowest BCUT2D eigenvalue weighted by atomic mass is 10.2. The van der Waals surface area contributed by atoms with Crippen LogP contribution in [0.3, 0.4) is 0 Å². The van der Waals surface area contributed by atoms with E-state index in [0.29, 0.717) is 5.13 Å². The minimum Gasteiger partial charge on any atom is -0.301 e. The number of para-hydroxylation sites is 1. The molecule has 0 fully saturated rings. The number of aromatic nitrogens is 2. The molecule has 0 saturated heterocycles. The molecule has 0 spiro atoms. The summed E-state index contributed by atoms with van der Waals surface area (Å²) in [5.41, 5.74) is 3.03. The molecule has 6 heteroatoms. The highest BCUT2D eigenvalue weighted by Crippen LogP contribution is 2.28. The van der Waals surface area contributed by atoms with Gasteiger partial charge in [-0.2, -0.15) is 0 Å². The van der Waals surface area contributed by atoms with Crippen LogP contribution in [0.5, 0.6) is 0 Å². The van der Waals surface area contributed by atoms with E-state index in [4.69, 9.17) is 0 Å². The summed E-state index contributed by atoms with van der Waals surface area (Å²) in [4.78, 5) is 21.6. The summed E-state index contributed by atoms with van der Waals surface area (Å²) in [6, 6.07) is 18.0. The highest BCUT2D eigenvalue weighted by atomic mass is 32.2. The van der Waals surface area contributed by atoms with Crippen LogP contribution in [0.2, 0.25) is 0 Å². The first-order chi connectivity index (χ1) is 12.6. The fourth-order valence-corrected chi connectivity index (χ4v) is 4.43. The average Bonchev–Trinajstić information content (AvgIpc) is 3.02. The van der Waals surface area contributed by atoms with Crippen LogP contribution >= 0.6 is 23.1 Å². The van der Waals surface area contributed by atoms with E-state index in [1.54, 1.807) is 0 Å². The molecule has 1 N–H and O–H groups in total. The van der Waals surface area contributed by atoms with Gasteiger partial charge in [0, 0.05) is 5.39 Å². The summed E-state index contributed by atoms with van der Waals surface area (Å²) in [5, 5.41) is 5.23. The van der Waals surface area contributed by atoms with Gasteiger partial charge < -0.3 is 5.32 Å². The number of aryl methyl sites for hydroxylation is 1. The Bertz CT molecular complexity index is 1110. The van der Waals surface area contributed by atoms with Gasteiger partial charge in [0.25, 0.3) is 0 Å². The zero-order valence-corrected chi connectivity index (χ0v) is 16.0. The van der Waals surface area contributed by atoms with Crippen molar-refractivity contribution in [2.24, 2.45) is 0 Å². The van der Waals surface area contributed by atoms with Crippen molar-refractivity contribution in [1.82, 2.24) is 9.97 Å². The lowest BCUT2D eigenvalue weighted by molar-refractivity contribution is -0.115. The lowest BCUT2D eigenvalue weighted by Gasteiger charge is -2.10. The second-order valence-electron chi connectivity index (χ2n) is 6.08. The molecule has 0 aliphatic carbocycles. The van der Waals surface area contributed by atoms with Crippen LogP contribution in [0.4, 0.5) is 5.13 Å². The molecule has 2 heterocycles. The van der Waals surface area contributed by atoms with Gasteiger partial charge in [0.2, 0.25) is 5.91 Å². The van der Waals surface area contributed by atoms with Gasteiger partial charge in [0.15, 0.2) is 5.13 Å². The lowest BCUT2D eigenvalue weighted by Crippen LogP contribution is -2.22. The van der Waals surface area contributed by atoms with Crippen molar-refractivity contribution in [1.29, 1.82) is 0 Å². The van der Waals surface area contributed by atoms with Gasteiger partial charge in [-0.1, -0.05) is 53.4 Å². The molecule has 4 rings (SSSR count). The number of benzene rings is 2. The van der Waals surface area contributed by atoms with E-state index in [9.17, 15) is 4.79 Å². The number of amides is 1. The van der Waals surface area contributed by atoms with Crippen LogP contribution in [0.25, 0.3) is 21.1 Å². The maximum atomic E-state index is 12.5. The maximum absolute atomic E-state index is 12.5. The molecule has 1 atom stereocenters. The quantitative estimate of drug-likeness (QED) is 0.491. The van der Waals surface area contributed by atoms with E-state index in [1.165, 1.54) is 28.7 Å². The summed E-state index contributed by atoms with van der Waals surface area (Å²) in [6.45, 7) is 3.93. The molecule has 4 aromatic rings. The zero-order chi connectivity index (χ0) is 18.1. The number of nitrogens with zero attached hydrogens (tertiary/aromatic N) is 2. The van der Waals surface area contributed by atoms with Crippen LogP contribution < -0.4 is 5.32 Å². The highest BCUT2D eigenvalue weighted by Gasteiger charge is 2.17. The van der Waals surface area contributed by atoms with Crippen LogP contribution in [0, 0.1) is 6.92 Å². The predicted octanol–water partition coefficient (Wildman–Crippen LogP) is 5.27. The highest BCUT2D eigenvalue weighted by molar-refractivity contribution is 8.00. The Morgan fingerprint density at radius 2 is 1.92 bits per heavy atom. The largest absolute Gasteiger partial charge is 0.301 e. The molecular formula is C20H17N3OS2. The second-order valence-corrected chi connectivity index (χ2v) is 8.47. The zero-order valence-electron chi connectivity index (χ0n) is 14.4. The van der Waals surface area contributed by atoms with Gasteiger partial charge in [-0.05, 0) is 43.7 Å². The van der Waals surface area contributed by atoms with Gasteiger partial charge in [-0.25, -0.2) is 9.97 Å². The van der Waals surface area contributed by atoms with Crippen LogP contribution in [-0.2, 0) is 4.79 Å². The van der Waals surface area contributed by atoms with Gasteiger partial charge in [0.1, 0.15) is 0 Å². The number of thioether (sulfide) groups is 1. The summed E-state index contributed by atoms with van der Waals surface area (Å²) in [6.07, 6.45) is 0. The van der Waals surface area contributed by atoms with E-state index in [2.05, 4.69) is 21.4 Å². The minimum absolute atomic E-state index is 0.0688. The summed E-state index contributed by atoms with van der Waals surface area (Å²) in [5.74, 6) is -0.0688. The molecule has 130 valence electrons. The van der Waals surface area contributed by atoms with Crippen molar-refractivity contribution in [2.45, 2.75) is 24.1 Å². The Hall–Kier alpha value is -2.44. The fourth-order valence-electron chi connectivity index (χ4n) is 2.64. The van der Waals surface area contributed by atoms with E-state index in [-0.39, 0.29) is 11.2 Å². The first-order valence-electron chi connectivity index (χ1n) is 8.29. The molecule has 0 aliphatic heterocycles. The van der Waals surface area contributed by atoms with Crippen molar-refractivity contribution in [3.63, 3.8) is 0 Å². The van der Waals surface area contributed by atoms with Gasteiger partial charge in [-0.3, -0.25) is 4.79 Å². The van der Waals surface area contributed by atoms with E-state index in [1.807, 2.05) is 62.4 Å². The van der Waals surface area contributed by atoms with E-state index in [0.717, 1.165) is 26.1 Å². The molecule has 0 saturated carbocycles. The Morgan fingerprint density at radius 1 is 1.08 bits per heavy atom.